The number of carbonyl (C=O) groups is 3. The third-order valence-corrected chi connectivity index (χ3v) is 13.0. The van der Waals surface area contributed by atoms with E-state index in [0.29, 0.717) is 53.3 Å². The van der Waals surface area contributed by atoms with Gasteiger partial charge in [0.05, 0.1) is 0 Å². The Hall–Kier alpha value is -4.53. The predicted octanol–water partition coefficient (Wildman–Crippen LogP) is 12.0. The van der Waals surface area contributed by atoms with Crippen LogP contribution in [0.15, 0.2) is 72.8 Å². The van der Waals surface area contributed by atoms with E-state index in [1.807, 2.05) is 0 Å². The highest BCUT2D eigenvalue weighted by Gasteiger charge is 2.36. The molecule has 0 saturated heterocycles. The zero-order valence-corrected chi connectivity index (χ0v) is 37.5. The van der Waals surface area contributed by atoms with E-state index in [0.717, 1.165) is 38.5 Å². The summed E-state index contributed by atoms with van der Waals surface area (Å²) in [5.74, 6) is 3.27. The minimum Gasteiger partial charge on any atom is -0.507 e. The lowest BCUT2D eigenvalue weighted by molar-refractivity contribution is -0.0184. The van der Waals surface area contributed by atoms with Crippen molar-refractivity contribution in [1.82, 2.24) is 0 Å². The summed E-state index contributed by atoms with van der Waals surface area (Å²) in [6.45, 7) is 19.7. The molecule has 3 fully saturated rings. The van der Waals surface area contributed by atoms with E-state index in [9.17, 15) is 29.7 Å². The zero-order chi connectivity index (χ0) is 44.1. The summed E-state index contributed by atoms with van der Waals surface area (Å²) in [5, 5.41) is 29.2. The van der Waals surface area contributed by atoms with Crippen molar-refractivity contribution >= 4 is 17.9 Å². The largest absolute Gasteiger partial charge is 0.507 e. The number of para-hydroxylation sites is 3. The van der Waals surface area contributed by atoms with E-state index >= 15 is 0 Å². The summed E-state index contributed by atoms with van der Waals surface area (Å²) >= 11 is 0. The zero-order valence-electron chi connectivity index (χ0n) is 37.5. The molecule has 0 aromatic heterocycles. The Labute approximate surface area is 359 Å². The standard InChI is InChI=1S/3C17H24O3/c3*1-11(2)13-9-8-12(3)10-16(13)20-17(19)14-6-4-5-7-15(14)18/h3*4-7,11-13,16,18H,8-10H2,1-3H3/t3*12-,13+,16-/m111/s1. The molecule has 3 N–H and O–H groups in total. The molecule has 9 atom stereocenters. The Morgan fingerprint density at radius 1 is 0.433 bits per heavy atom. The van der Waals surface area contributed by atoms with Crippen LogP contribution in [-0.4, -0.2) is 51.5 Å². The van der Waals surface area contributed by atoms with Crippen LogP contribution in [0.2, 0.25) is 0 Å². The molecule has 0 unspecified atom stereocenters. The van der Waals surface area contributed by atoms with Crippen molar-refractivity contribution in [3.05, 3.63) is 89.5 Å². The minimum atomic E-state index is -0.409. The summed E-state index contributed by atoms with van der Waals surface area (Å²) in [6.07, 6.45) is 9.58. The number of phenolic OH excluding ortho intramolecular Hbond substituents is 3. The van der Waals surface area contributed by atoms with Crippen LogP contribution in [0.25, 0.3) is 0 Å². The van der Waals surface area contributed by atoms with Crippen LogP contribution in [0, 0.1) is 53.3 Å². The fourth-order valence-corrected chi connectivity index (χ4v) is 9.29. The van der Waals surface area contributed by atoms with E-state index in [4.69, 9.17) is 14.2 Å². The minimum absolute atomic E-state index is 0.0116. The number of aromatic hydroxyl groups is 3. The van der Waals surface area contributed by atoms with E-state index in [1.165, 1.54) is 37.5 Å². The first-order valence-corrected chi connectivity index (χ1v) is 22.4. The second kappa shape index (κ2) is 22.9. The molecule has 0 bridgehead atoms. The van der Waals surface area contributed by atoms with Gasteiger partial charge in [0, 0.05) is 0 Å². The van der Waals surface area contributed by atoms with Crippen molar-refractivity contribution in [3.63, 3.8) is 0 Å². The average molecular weight is 829 g/mol. The number of ether oxygens (including phenoxy) is 3. The molecule has 3 aromatic carbocycles. The molecule has 0 spiro atoms. The van der Waals surface area contributed by atoms with Crippen LogP contribution in [0.1, 0.15) is 151 Å². The Bertz CT molecular complexity index is 1610. The summed E-state index contributed by atoms with van der Waals surface area (Å²) in [6, 6.07) is 19.7. The fraction of sp³-hybridized carbons (Fsp3) is 0.588. The van der Waals surface area contributed by atoms with Crippen LogP contribution in [0.4, 0.5) is 0 Å². The third-order valence-electron chi connectivity index (χ3n) is 13.0. The molecule has 0 heterocycles. The molecular weight excluding hydrogens is 757 g/mol. The maximum atomic E-state index is 12.2. The lowest BCUT2D eigenvalue weighted by Crippen LogP contribution is -2.35. The molecule has 330 valence electrons. The molecule has 3 saturated carbocycles. The maximum absolute atomic E-state index is 12.2. The van der Waals surface area contributed by atoms with Gasteiger partial charge in [-0.1, -0.05) is 118 Å². The second-order valence-electron chi connectivity index (χ2n) is 18.9. The van der Waals surface area contributed by atoms with Gasteiger partial charge in [0.15, 0.2) is 0 Å². The van der Waals surface area contributed by atoms with Gasteiger partial charge in [0.1, 0.15) is 52.3 Å². The second-order valence-corrected chi connectivity index (χ2v) is 18.9. The Kier molecular flexibility index (Phi) is 18.4. The molecule has 6 rings (SSSR count). The average Bonchev–Trinajstić information content (AvgIpc) is 3.18. The highest BCUT2D eigenvalue weighted by atomic mass is 16.6. The van der Waals surface area contributed by atoms with Gasteiger partial charge in [-0.05, 0) is 128 Å². The highest BCUT2D eigenvalue weighted by molar-refractivity contribution is 5.93. The molecule has 3 aliphatic rings. The first-order valence-electron chi connectivity index (χ1n) is 22.4. The summed E-state index contributed by atoms with van der Waals surface area (Å²) < 4.78 is 17.1. The number of benzene rings is 3. The number of rotatable bonds is 9. The van der Waals surface area contributed by atoms with Crippen LogP contribution >= 0.6 is 0 Å². The molecule has 60 heavy (non-hydrogen) atoms. The lowest BCUT2D eigenvalue weighted by atomic mass is 9.75. The number of phenols is 3. The van der Waals surface area contributed by atoms with Crippen molar-refractivity contribution < 1.29 is 43.9 Å². The Morgan fingerprint density at radius 3 is 0.883 bits per heavy atom. The molecule has 0 aliphatic heterocycles. The molecule has 3 aliphatic carbocycles. The molecule has 9 nitrogen and oxygen atoms in total. The van der Waals surface area contributed by atoms with E-state index in [-0.39, 0.29) is 52.3 Å². The normalized spacial score (nSPS) is 26.5. The Morgan fingerprint density at radius 2 is 0.667 bits per heavy atom. The SMILES string of the molecule is CC(C)[C@@H]1CC[C@@H](C)C[C@H]1OC(=O)c1ccccc1O.CC(C)[C@@H]1CC[C@@H](C)C[C@H]1OC(=O)c1ccccc1O.CC(C)[C@@H]1CC[C@@H](C)C[C@H]1OC(=O)c1ccccc1O. The molecule has 0 radical (unpaired) electrons. The van der Waals surface area contributed by atoms with Gasteiger partial charge < -0.3 is 29.5 Å². The highest BCUT2D eigenvalue weighted by Crippen LogP contribution is 2.38. The van der Waals surface area contributed by atoms with E-state index in [1.54, 1.807) is 54.6 Å². The maximum Gasteiger partial charge on any atom is 0.342 e. The van der Waals surface area contributed by atoms with Crippen LogP contribution in [0.5, 0.6) is 17.2 Å². The first kappa shape index (κ1) is 48.1. The number of hydrogen-bond acceptors (Lipinski definition) is 9. The van der Waals surface area contributed by atoms with Crippen molar-refractivity contribution in [3.8, 4) is 17.2 Å². The first-order chi connectivity index (χ1) is 28.5. The van der Waals surface area contributed by atoms with Crippen molar-refractivity contribution in [2.75, 3.05) is 0 Å². The third kappa shape index (κ3) is 13.8. The lowest BCUT2D eigenvalue weighted by Gasteiger charge is -2.36. The van der Waals surface area contributed by atoms with Gasteiger partial charge >= 0.3 is 17.9 Å². The number of esters is 3. The molecule has 3 aromatic rings. The van der Waals surface area contributed by atoms with Crippen molar-refractivity contribution in [1.29, 1.82) is 0 Å². The van der Waals surface area contributed by atoms with Gasteiger partial charge in [-0.25, -0.2) is 14.4 Å². The summed E-state index contributed by atoms with van der Waals surface area (Å²) in [5.41, 5.74) is 0.773. The quantitative estimate of drug-likeness (QED) is 0.142. The van der Waals surface area contributed by atoms with E-state index < -0.39 is 17.9 Å². The fourth-order valence-electron chi connectivity index (χ4n) is 9.29. The van der Waals surface area contributed by atoms with Gasteiger partial charge in [-0.15, -0.1) is 0 Å². The summed E-state index contributed by atoms with van der Waals surface area (Å²) in [4.78, 5) is 36.7. The summed E-state index contributed by atoms with van der Waals surface area (Å²) in [7, 11) is 0. The topological polar surface area (TPSA) is 140 Å². The van der Waals surface area contributed by atoms with Crippen molar-refractivity contribution in [2.24, 2.45) is 53.3 Å². The van der Waals surface area contributed by atoms with Gasteiger partial charge in [0.25, 0.3) is 0 Å². The van der Waals surface area contributed by atoms with E-state index in [2.05, 4.69) is 62.3 Å². The number of carbonyl (C=O) groups excluding carboxylic acids is 3. The van der Waals surface area contributed by atoms with Gasteiger partial charge in [-0.3, -0.25) is 0 Å². The molecular formula is C51H72O9. The van der Waals surface area contributed by atoms with Gasteiger partial charge in [-0.2, -0.15) is 0 Å². The van der Waals surface area contributed by atoms with Crippen LogP contribution in [0.3, 0.4) is 0 Å². The predicted molar refractivity (Wildman–Crippen MR) is 236 cm³/mol. The molecule has 0 amide bonds. The van der Waals surface area contributed by atoms with Crippen molar-refractivity contribution in [2.45, 2.75) is 138 Å². The Balaban J connectivity index is 0.000000198. The van der Waals surface area contributed by atoms with Crippen LogP contribution in [-0.2, 0) is 14.2 Å². The van der Waals surface area contributed by atoms with Gasteiger partial charge in [0.2, 0.25) is 0 Å². The number of hydrogen-bond donors (Lipinski definition) is 3. The monoisotopic (exact) mass is 829 g/mol. The molecule has 9 heteroatoms. The smallest absolute Gasteiger partial charge is 0.342 e. The van der Waals surface area contributed by atoms with Crippen LogP contribution < -0.4 is 0 Å².